The van der Waals surface area contributed by atoms with Crippen LogP contribution in [0.3, 0.4) is 0 Å². The van der Waals surface area contributed by atoms with Gasteiger partial charge in [-0.25, -0.2) is 8.42 Å². The van der Waals surface area contributed by atoms with E-state index in [1.807, 2.05) is 0 Å². The van der Waals surface area contributed by atoms with Crippen molar-refractivity contribution < 1.29 is 13.0 Å². The Labute approximate surface area is 127 Å². The third kappa shape index (κ3) is 2.76. The van der Waals surface area contributed by atoms with Crippen LogP contribution in [0.4, 0.5) is 0 Å². The molecule has 0 amide bonds. The average Bonchev–Trinajstić information content (AvgIpc) is 2.77. The maximum atomic E-state index is 12.0. The van der Waals surface area contributed by atoms with Gasteiger partial charge < -0.3 is 4.55 Å². The normalized spacial score (nSPS) is 19.3. The summed E-state index contributed by atoms with van der Waals surface area (Å²) in [5, 5.41) is 0. The van der Waals surface area contributed by atoms with E-state index in [0.29, 0.717) is 0 Å². The first-order valence-electron chi connectivity index (χ1n) is 8.12. The highest BCUT2D eigenvalue weighted by Gasteiger charge is 2.26. The van der Waals surface area contributed by atoms with Gasteiger partial charge >= 0.3 is 0 Å². The topological polar surface area (TPSA) is 57.2 Å². The van der Waals surface area contributed by atoms with E-state index >= 15 is 0 Å². The molecule has 0 atom stereocenters. The van der Waals surface area contributed by atoms with Crippen LogP contribution in [-0.2, 0) is 35.8 Å². The van der Waals surface area contributed by atoms with Crippen LogP contribution < -0.4 is 0 Å². The van der Waals surface area contributed by atoms with E-state index < -0.39 is 10.1 Å². The van der Waals surface area contributed by atoms with Gasteiger partial charge in [0, 0.05) is 0 Å². The van der Waals surface area contributed by atoms with Crippen molar-refractivity contribution in [2.24, 2.45) is 0 Å². The molecule has 2 aliphatic carbocycles. The Hall–Kier alpha value is -0.870. The van der Waals surface area contributed by atoms with E-state index in [1.165, 1.54) is 16.7 Å². The second-order valence-corrected chi connectivity index (χ2v) is 7.76. The molecule has 4 heteroatoms. The van der Waals surface area contributed by atoms with Crippen molar-refractivity contribution in [3.05, 3.63) is 27.8 Å². The van der Waals surface area contributed by atoms with Crippen LogP contribution in [0.5, 0.6) is 0 Å². The van der Waals surface area contributed by atoms with Crippen LogP contribution >= 0.6 is 0 Å². The Morgan fingerprint density at radius 1 is 0.714 bits per heavy atom. The molecule has 1 aromatic carbocycles. The number of benzene rings is 1. The van der Waals surface area contributed by atoms with Gasteiger partial charge in [0.05, 0.1) is 4.90 Å². The molecular weight excluding hydrogens is 284 g/mol. The van der Waals surface area contributed by atoms with Gasteiger partial charge in [-0.15, -0.1) is 0 Å². The number of fused-ring (bicyclic) bond motifs is 2. The van der Waals surface area contributed by atoms with E-state index in [4.69, 9.17) is 0 Å². The fraction of sp³-hybridized carbons (Fsp3) is 0.647. The molecule has 0 fully saturated rings. The minimum absolute atomic E-state index is 0.168. The summed E-state index contributed by atoms with van der Waals surface area (Å²) < 4.78 is 35.9. The van der Waals surface area contributed by atoms with Crippen molar-refractivity contribution in [1.29, 1.82) is 0 Å². The van der Waals surface area contributed by atoms with Crippen molar-refractivity contribution >= 4 is 10.1 Å². The van der Waals surface area contributed by atoms with Crippen molar-refractivity contribution in [3.63, 3.8) is 0 Å². The van der Waals surface area contributed by atoms with Crippen molar-refractivity contribution in [1.82, 2.24) is 0 Å². The molecule has 3 nitrogen and oxygen atoms in total. The summed E-state index contributed by atoms with van der Waals surface area (Å²) in [5.74, 6) is 0. The second kappa shape index (κ2) is 5.73. The molecule has 0 bridgehead atoms. The van der Waals surface area contributed by atoms with Crippen LogP contribution in [0, 0.1) is 6.92 Å². The Bertz CT molecular complexity index is 620. The second-order valence-electron chi connectivity index (χ2n) is 6.44. The Morgan fingerprint density at radius 3 is 1.48 bits per heavy atom. The van der Waals surface area contributed by atoms with E-state index in [-0.39, 0.29) is 4.90 Å². The lowest BCUT2D eigenvalue weighted by Gasteiger charge is -2.25. The minimum atomic E-state index is -4.38. The van der Waals surface area contributed by atoms with Crippen LogP contribution in [-0.4, -0.2) is 13.0 Å². The average molecular weight is 307 g/mol. The molecule has 1 aromatic rings. The van der Waals surface area contributed by atoms with Gasteiger partial charge in [0.25, 0.3) is 0 Å². The quantitative estimate of drug-likeness (QED) is 0.590. The first-order valence-corrected chi connectivity index (χ1v) is 9.53. The number of hydrogen-bond donors (Lipinski definition) is 0. The third-order valence-corrected chi connectivity index (χ3v) is 6.13. The van der Waals surface area contributed by atoms with E-state index in [1.54, 1.807) is 0 Å². The Kier molecular flexibility index (Phi) is 4.10. The molecule has 2 aliphatic rings. The third-order valence-electron chi connectivity index (χ3n) is 5.14. The highest BCUT2D eigenvalue weighted by Crippen LogP contribution is 2.38. The Morgan fingerprint density at radius 2 is 1.10 bits per heavy atom. The summed E-state index contributed by atoms with van der Waals surface area (Å²) in [7, 11) is -4.38. The molecule has 0 saturated heterocycles. The molecule has 0 unspecified atom stereocenters. The molecule has 0 aromatic heterocycles. The summed E-state index contributed by atoms with van der Waals surface area (Å²) in [4.78, 5) is 0.168. The van der Waals surface area contributed by atoms with Crippen LogP contribution in [0.15, 0.2) is 4.90 Å². The van der Waals surface area contributed by atoms with Gasteiger partial charge in [-0.2, -0.15) is 0 Å². The lowest BCUT2D eigenvalue weighted by molar-refractivity contribution is 0.460. The summed E-state index contributed by atoms with van der Waals surface area (Å²) in [5.41, 5.74) is 5.34. The smallest absolute Gasteiger partial charge is 0.124 e. The first kappa shape index (κ1) is 15.0. The Balaban J connectivity index is 2.34. The molecule has 0 heterocycles. The lowest BCUT2D eigenvalue weighted by Crippen LogP contribution is -2.14. The van der Waals surface area contributed by atoms with Gasteiger partial charge in [-0.3, -0.25) is 0 Å². The molecular formula is C17H23O3S-. The number of rotatable bonds is 1. The lowest BCUT2D eigenvalue weighted by atomic mass is 9.87. The molecule has 0 spiro atoms. The fourth-order valence-corrected chi connectivity index (χ4v) is 5.21. The number of hydrogen-bond acceptors (Lipinski definition) is 3. The van der Waals surface area contributed by atoms with Gasteiger partial charge in [-0.05, 0) is 86.1 Å². The van der Waals surface area contributed by atoms with Gasteiger partial charge in [0.15, 0.2) is 0 Å². The largest absolute Gasteiger partial charge is 0.744 e. The molecule has 0 N–H and O–H groups in total. The van der Waals surface area contributed by atoms with E-state index in [0.717, 1.165) is 75.3 Å². The van der Waals surface area contributed by atoms with Crippen molar-refractivity contribution in [3.8, 4) is 0 Å². The summed E-state index contributed by atoms with van der Waals surface area (Å²) in [6.45, 7) is 2.13. The zero-order chi connectivity index (χ0) is 15.0. The van der Waals surface area contributed by atoms with Gasteiger partial charge in [0.1, 0.15) is 10.1 Å². The highest BCUT2D eigenvalue weighted by atomic mass is 32.2. The first-order chi connectivity index (χ1) is 10.00. The zero-order valence-electron chi connectivity index (χ0n) is 12.7. The summed E-state index contributed by atoms with van der Waals surface area (Å²) >= 11 is 0. The molecule has 21 heavy (non-hydrogen) atoms. The maximum Gasteiger partial charge on any atom is 0.124 e. The standard InChI is InChI=1S/C17H24O3S/c1-12-13-8-4-2-6-10-15(13)17(21(18,19)20)16-11-7-3-5-9-14(12)16/h2-11H2,1H3,(H,18,19,20)/p-1. The van der Waals surface area contributed by atoms with Crippen LogP contribution in [0.1, 0.15) is 66.3 Å². The predicted octanol–water partition coefficient (Wildman–Crippen LogP) is 3.44. The van der Waals surface area contributed by atoms with Crippen molar-refractivity contribution in [2.45, 2.75) is 76.0 Å². The van der Waals surface area contributed by atoms with Gasteiger partial charge in [0.2, 0.25) is 0 Å². The van der Waals surface area contributed by atoms with Gasteiger partial charge in [-0.1, -0.05) is 12.8 Å². The predicted molar refractivity (Wildman–Crippen MR) is 81.7 cm³/mol. The monoisotopic (exact) mass is 307 g/mol. The van der Waals surface area contributed by atoms with Crippen molar-refractivity contribution in [2.75, 3.05) is 0 Å². The summed E-state index contributed by atoms with van der Waals surface area (Å²) in [6, 6.07) is 0. The maximum absolute atomic E-state index is 12.0. The molecule has 0 aliphatic heterocycles. The summed E-state index contributed by atoms with van der Waals surface area (Å²) in [6.07, 6.45) is 9.79. The minimum Gasteiger partial charge on any atom is -0.744 e. The van der Waals surface area contributed by atoms with E-state index in [9.17, 15) is 13.0 Å². The molecule has 0 saturated carbocycles. The molecule has 116 valence electrons. The fourth-order valence-electron chi connectivity index (χ4n) is 4.16. The molecule has 0 radical (unpaired) electrons. The van der Waals surface area contributed by atoms with Crippen LogP contribution in [0.25, 0.3) is 0 Å². The molecule has 3 rings (SSSR count). The van der Waals surface area contributed by atoms with E-state index in [2.05, 4.69) is 6.92 Å². The zero-order valence-corrected chi connectivity index (χ0v) is 13.5. The van der Waals surface area contributed by atoms with Crippen LogP contribution in [0.2, 0.25) is 0 Å². The highest BCUT2D eigenvalue weighted by molar-refractivity contribution is 7.85. The SMILES string of the molecule is Cc1c2c(c(S(=O)(=O)[O-])c3c1CCCCC3)CCCCC2.